The van der Waals surface area contributed by atoms with E-state index >= 15 is 0 Å². The van der Waals surface area contributed by atoms with Crippen LogP contribution in [0.3, 0.4) is 0 Å². The SMILES string of the molecule is CCCCCC1CN=C(c2ccc(Br)cc2)SC1. The Morgan fingerprint density at radius 3 is 2.67 bits per heavy atom. The number of thioether (sulfide) groups is 1. The van der Waals surface area contributed by atoms with Gasteiger partial charge >= 0.3 is 0 Å². The smallest absolute Gasteiger partial charge is 0.0977 e. The molecule has 0 amide bonds. The second-order valence-corrected chi connectivity index (χ2v) is 6.75. The van der Waals surface area contributed by atoms with Gasteiger partial charge in [-0.05, 0) is 24.5 Å². The first kappa shape index (κ1) is 14.1. The summed E-state index contributed by atoms with van der Waals surface area (Å²) >= 11 is 5.39. The zero-order valence-corrected chi connectivity index (χ0v) is 13.3. The predicted molar refractivity (Wildman–Crippen MR) is 85.6 cm³/mol. The lowest BCUT2D eigenvalue weighted by atomic mass is 10.0. The first-order valence-corrected chi connectivity index (χ1v) is 8.50. The van der Waals surface area contributed by atoms with Crippen molar-refractivity contribution in [3.8, 4) is 0 Å². The highest BCUT2D eigenvalue weighted by Gasteiger charge is 2.16. The molecule has 0 spiro atoms. The van der Waals surface area contributed by atoms with Crippen LogP contribution in [0.2, 0.25) is 0 Å². The molecule has 0 bridgehead atoms. The van der Waals surface area contributed by atoms with Gasteiger partial charge in [0.05, 0.1) is 5.04 Å². The van der Waals surface area contributed by atoms with Crippen molar-refractivity contribution in [3.63, 3.8) is 0 Å². The lowest BCUT2D eigenvalue weighted by molar-refractivity contribution is 0.511. The number of halogens is 1. The Kier molecular flexibility index (Phi) is 5.77. The fourth-order valence-electron chi connectivity index (χ4n) is 2.13. The molecule has 98 valence electrons. The van der Waals surface area contributed by atoms with Crippen LogP contribution in [-0.2, 0) is 0 Å². The summed E-state index contributed by atoms with van der Waals surface area (Å²) in [5.74, 6) is 2.03. The van der Waals surface area contributed by atoms with Crippen LogP contribution < -0.4 is 0 Å². The molecule has 18 heavy (non-hydrogen) atoms. The van der Waals surface area contributed by atoms with Gasteiger partial charge in [0.1, 0.15) is 0 Å². The van der Waals surface area contributed by atoms with Gasteiger partial charge in [-0.3, -0.25) is 4.99 Å². The van der Waals surface area contributed by atoms with Crippen molar-refractivity contribution in [1.29, 1.82) is 0 Å². The van der Waals surface area contributed by atoms with E-state index in [2.05, 4.69) is 47.1 Å². The fourth-order valence-corrected chi connectivity index (χ4v) is 3.53. The second kappa shape index (κ2) is 7.34. The van der Waals surface area contributed by atoms with E-state index in [1.54, 1.807) is 0 Å². The van der Waals surface area contributed by atoms with E-state index in [0.717, 1.165) is 16.9 Å². The van der Waals surface area contributed by atoms with Crippen LogP contribution in [0.25, 0.3) is 0 Å². The third-order valence-electron chi connectivity index (χ3n) is 3.26. The van der Waals surface area contributed by atoms with Crippen LogP contribution in [-0.4, -0.2) is 17.3 Å². The number of nitrogens with zero attached hydrogens (tertiary/aromatic N) is 1. The molecule has 0 fully saturated rings. The summed E-state index contributed by atoms with van der Waals surface area (Å²) < 4.78 is 1.13. The highest BCUT2D eigenvalue weighted by atomic mass is 79.9. The Morgan fingerprint density at radius 1 is 1.28 bits per heavy atom. The molecule has 1 aliphatic rings. The number of hydrogen-bond donors (Lipinski definition) is 0. The van der Waals surface area contributed by atoms with Gasteiger partial charge in [0, 0.05) is 22.3 Å². The highest BCUT2D eigenvalue weighted by molar-refractivity contribution is 9.10. The first-order chi connectivity index (χ1) is 8.79. The van der Waals surface area contributed by atoms with Crippen molar-refractivity contribution >= 4 is 32.7 Å². The van der Waals surface area contributed by atoms with E-state index in [4.69, 9.17) is 4.99 Å². The second-order valence-electron chi connectivity index (χ2n) is 4.83. The van der Waals surface area contributed by atoms with Crippen LogP contribution in [0, 0.1) is 5.92 Å². The summed E-state index contributed by atoms with van der Waals surface area (Å²) in [5.41, 5.74) is 1.26. The summed E-state index contributed by atoms with van der Waals surface area (Å²) in [4.78, 5) is 4.75. The van der Waals surface area contributed by atoms with Crippen molar-refractivity contribution in [2.75, 3.05) is 12.3 Å². The van der Waals surface area contributed by atoms with Crippen LogP contribution in [0.1, 0.15) is 38.2 Å². The average molecular weight is 326 g/mol. The van der Waals surface area contributed by atoms with Gasteiger partial charge in [-0.1, -0.05) is 54.2 Å². The third-order valence-corrected chi connectivity index (χ3v) is 5.06. The largest absolute Gasteiger partial charge is 0.277 e. The maximum Gasteiger partial charge on any atom is 0.0977 e. The summed E-state index contributed by atoms with van der Waals surface area (Å²) in [6.45, 7) is 3.28. The predicted octanol–water partition coefficient (Wildman–Crippen LogP) is 5.14. The fraction of sp³-hybridized carbons (Fsp3) is 0.533. The molecule has 3 heteroatoms. The van der Waals surface area contributed by atoms with Crippen LogP contribution >= 0.6 is 27.7 Å². The van der Waals surface area contributed by atoms with Crippen molar-refractivity contribution in [1.82, 2.24) is 0 Å². The maximum absolute atomic E-state index is 4.75. The Hall–Kier alpha value is -0.280. The monoisotopic (exact) mass is 325 g/mol. The Balaban J connectivity index is 1.88. The van der Waals surface area contributed by atoms with E-state index in [-0.39, 0.29) is 0 Å². The van der Waals surface area contributed by atoms with Gasteiger partial charge in [-0.25, -0.2) is 0 Å². The summed E-state index contributed by atoms with van der Waals surface area (Å²) in [5, 5.41) is 1.22. The highest BCUT2D eigenvalue weighted by Crippen LogP contribution is 2.26. The minimum atomic E-state index is 0.792. The molecule has 0 saturated carbocycles. The van der Waals surface area contributed by atoms with Gasteiger partial charge in [0.15, 0.2) is 0 Å². The average Bonchev–Trinajstić information content (AvgIpc) is 2.41. The van der Waals surface area contributed by atoms with E-state index in [9.17, 15) is 0 Å². The van der Waals surface area contributed by atoms with Crippen molar-refractivity contribution in [2.24, 2.45) is 10.9 Å². The zero-order chi connectivity index (χ0) is 12.8. The molecule has 0 radical (unpaired) electrons. The van der Waals surface area contributed by atoms with Gasteiger partial charge in [0.2, 0.25) is 0 Å². The van der Waals surface area contributed by atoms with E-state index < -0.39 is 0 Å². The summed E-state index contributed by atoms with van der Waals surface area (Å²) in [6.07, 6.45) is 5.39. The Bertz CT molecular complexity index is 399. The molecule has 1 atom stereocenters. The number of hydrogen-bond acceptors (Lipinski definition) is 2. The first-order valence-electron chi connectivity index (χ1n) is 6.72. The van der Waals surface area contributed by atoms with Crippen molar-refractivity contribution in [3.05, 3.63) is 34.3 Å². The molecule has 0 aromatic heterocycles. The topological polar surface area (TPSA) is 12.4 Å². The van der Waals surface area contributed by atoms with Crippen LogP contribution in [0.5, 0.6) is 0 Å². The lowest BCUT2D eigenvalue weighted by Gasteiger charge is -2.20. The van der Waals surface area contributed by atoms with Crippen molar-refractivity contribution in [2.45, 2.75) is 32.6 Å². The molecular formula is C15H20BrNS. The molecule has 1 aromatic rings. The molecular weight excluding hydrogens is 306 g/mol. The Labute approximate surface area is 123 Å². The molecule has 1 unspecified atom stereocenters. The minimum absolute atomic E-state index is 0.792. The van der Waals surface area contributed by atoms with E-state index in [0.29, 0.717) is 0 Å². The number of benzene rings is 1. The van der Waals surface area contributed by atoms with Gasteiger partial charge < -0.3 is 0 Å². The van der Waals surface area contributed by atoms with Crippen LogP contribution in [0.15, 0.2) is 33.7 Å². The van der Waals surface area contributed by atoms with Gasteiger partial charge in [0.25, 0.3) is 0 Å². The maximum atomic E-state index is 4.75. The molecule has 1 heterocycles. The number of aliphatic imine (C=N–C) groups is 1. The normalized spacial score (nSPS) is 19.7. The van der Waals surface area contributed by atoms with Gasteiger partial charge in [-0.15, -0.1) is 11.8 Å². The molecule has 0 N–H and O–H groups in total. The molecule has 2 rings (SSSR count). The molecule has 0 saturated heterocycles. The summed E-state index contributed by atoms with van der Waals surface area (Å²) in [6, 6.07) is 8.47. The number of rotatable bonds is 5. The van der Waals surface area contributed by atoms with Gasteiger partial charge in [-0.2, -0.15) is 0 Å². The van der Waals surface area contributed by atoms with Crippen molar-refractivity contribution < 1.29 is 0 Å². The molecule has 0 aliphatic carbocycles. The lowest BCUT2D eigenvalue weighted by Crippen LogP contribution is -2.16. The zero-order valence-electron chi connectivity index (χ0n) is 10.9. The molecule has 1 aliphatic heterocycles. The quantitative estimate of drug-likeness (QED) is 0.683. The minimum Gasteiger partial charge on any atom is -0.277 e. The van der Waals surface area contributed by atoms with Crippen LogP contribution in [0.4, 0.5) is 0 Å². The van der Waals surface area contributed by atoms with E-state index in [1.807, 2.05) is 11.8 Å². The van der Waals surface area contributed by atoms with E-state index in [1.165, 1.54) is 42.0 Å². The summed E-state index contributed by atoms with van der Waals surface area (Å²) in [7, 11) is 0. The molecule has 1 aromatic carbocycles. The Morgan fingerprint density at radius 2 is 2.06 bits per heavy atom. The molecule has 1 nitrogen and oxygen atoms in total. The number of unbranched alkanes of at least 4 members (excludes halogenated alkanes) is 2. The standard InChI is InChI=1S/C15H20BrNS/c1-2-3-4-5-12-10-17-15(18-11-12)13-6-8-14(16)9-7-13/h6-9,12H,2-5,10-11H2,1H3. The third kappa shape index (κ3) is 4.13.